The second kappa shape index (κ2) is 8.69. The Morgan fingerprint density at radius 3 is 2.29 bits per heavy atom. The Hall–Kier alpha value is -2.90. The first-order valence-electron chi connectivity index (χ1n) is 10.7. The van der Waals surface area contributed by atoms with Crippen LogP contribution < -0.4 is 5.32 Å². The van der Waals surface area contributed by atoms with Crippen LogP contribution in [0.3, 0.4) is 0 Å². The minimum absolute atomic E-state index is 0.0710. The lowest BCUT2D eigenvalue weighted by atomic mass is 10.0. The number of carbonyl (C=O) groups excluding carboxylic acids is 4. The highest BCUT2D eigenvalue weighted by atomic mass is 16.6. The van der Waals surface area contributed by atoms with Crippen molar-refractivity contribution in [3.63, 3.8) is 0 Å². The van der Waals surface area contributed by atoms with Crippen LogP contribution in [-0.2, 0) is 4.74 Å². The average Bonchev–Trinajstić information content (AvgIpc) is 2.96. The molecule has 8 nitrogen and oxygen atoms in total. The molecule has 3 rings (SSSR count). The molecule has 2 heterocycles. The van der Waals surface area contributed by atoms with Crippen LogP contribution in [-0.4, -0.2) is 64.9 Å². The molecular formula is C23H31N3O5. The number of amides is 4. The number of nitrogens with zero attached hydrogens (tertiary/aromatic N) is 2. The third kappa shape index (κ3) is 4.89. The van der Waals surface area contributed by atoms with Crippen molar-refractivity contribution in [2.45, 2.75) is 59.0 Å². The molecule has 2 aliphatic rings. The lowest BCUT2D eigenvalue weighted by molar-refractivity contribution is 0.0507. The minimum atomic E-state index is -0.639. The Morgan fingerprint density at radius 2 is 1.71 bits per heavy atom. The molecule has 168 valence electrons. The van der Waals surface area contributed by atoms with Crippen molar-refractivity contribution in [1.82, 2.24) is 15.1 Å². The van der Waals surface area contributed by atoms with Crippen molar-refractivity contribution < 1.29 is 23.9 Å². The van der Waals surface area contributed by atoms with E-state index in [2.05, 4.69) is 5.32 Å². The van der Waals surface area contributed by atoms with E-state index in [0.717, 1.165) is 0 Å². The Kier molecular flexibility index (Phi) is 6.38. The molecule has 1 fully saturated rings. The van der Waals surface area contributed by atoms with Gasteiger partial charge in [-0.15, -0.1) is 0 Å². The molecule has 0 aromatic heterocycles. The van der Waals surface area contributed by atoms with Gasteiger partial charge in [0.25, 0.3) is 17.7 Å². The Bertz CT molecular complexity index is 895. The molecule has 0 aliphatic carbocycles. The zero-order valence-corrected chi connectivity index (χ0v) is 18.9. The summed E-state index contributed by atoms with van der Waals surface area (Å²) < 4.78 is 5.26. The van der Waals surface area contributed by atoms with Gasteiger partial charge >= 0.3 is 6.09 Å². The molecule has 31 heavy (non-hydrogen) atoms. The fourth-order valence-corrected chi connectivity index (χ4v) is 3.80. The summed E-state index contributed by atoms with van der Waals surface area (Å²) in [5.74, 6) is -0.726. The lowest BCUT2D eigenvalue weighted by Gasteiger charge is -2.31. The van der Waals surface area contributed by atoms with Crippen molar-refractivity contribution in [2.24, 2.45) is 5.92 Å². The predicted molar refractivity (Wildman–Crippen MR) is 115 cm³/mol. The zero-order valence-electron chi connectivity index (χ0n) is 18.9. The molecule has 0 spiro atoms. The van der Waals surface area contributed by atoms with E-state index in [4.69, 9.17) is 4.74 Å². The molecule has 0 bridgehead atoms. The number of imide groups is 1. The van der Waals surface area contributed by atoms with Gasteiger partial charge in [-0.2, -0.15) is 0 Å². The van der Waals surface area contributed by atoms with Crippen molar-refractivity contribution in [3.05, 3.63) is 34.9 Å². The minimum Gasteiger partial charge on any atom is -0.449 e. The van der Waals surface area contributed by atoms with Gasteiger partial charge in [-0.3, -0.25) is 19.3 Å². The SMILES string of the molecule is CC(C)COC(=O)N1CCC(NC(=O)c2ccc3c(c2)C(=O)N(C(C)(C)C)C3=O)CC1. The summed E-state index contributed by atoms with van der Waals surface area (Å²) >= 11 is 0. The maximum absolute atomic E-state index is 12.7. The van der Waals surface area contributed by atoms with Crippen molar-refractivity contribution in [2.75, 3.05) is 19.7 Å². The fraction of sp³-hybridized carbons (Fsp3) is 0.565. The van der Waals surface area contributed by atoms with Crippen LogP contribution in [0.4, 0.5) is 4.79 Å². The standard InChI is InChI=1S/C23H31N3O5/c1-14(2)13-31-22(30)25-10-8-16(9-11-25)24-19(27)15-6-7-17-18(12-15)21(29)26(20(17)28)23(3,4)5/h6-7,12,14,16H,8-11,13H2,1-5H3,(H,24,27). The maximum atomic E-state index is 12.7. The molecule has 0 saturated carbocycles. The summed E-state index contributed by atoms with van der Waals surface area (Å²) in [7, 11) is 0. The summed E-state index contributed by atoms with van der Waals surface area (Å²) in [5.41, 5.74) is 0.286. The Morgan fingerprint density at radius 1 is 1.10 bits per heavy atom. The van der Waals surface area contributed by atoms with Crippen LogP contribution in [0.2, 0.25) is 0 Å². The van der Waals surface area contributed by atoms with Gasteiger partial charge in [0.2, 0.25) is 0 Å². The maximum Gasteiger partial charge on any atom is 0.409 e. The van der Waals surface area contributed by atoms with Crippen molar-refractivity contribution >= 4 is 23.8 Å². The molecule has 0 radical (unpaired) electrons. The number of nitrogens with one attached hydrogen (secondary N) is 1. The predicted octanol–water partition coefficient (Wildman–Crippen LogP) is 3.07. The second-order valence-electron chi connectivity index (χ2n) is 9.58. The van der Waals surface area contributed by atoms with E-state index < -0.39 is 5.54 Å². The summed E-state index contributed by atoms with van der Waals surface area (Å²) in [5, 5.41) is 2.98. The topological polar surface area (TPSA) is 96.0 Å². The monoisotopic (exact) mass is 429 g/mol. The summed E-state index contributed by atoms with van der Waals surface area (Å²) in [4.78, 5) is 53.0. The number of benzene rings is 1. The van der Waals surface area contributed by atoms with E-state index in [1.54, 1.807) is 37.8 Å². The van der Waals surface area contributed by atoms with Crippen LogP contribution in [0.5, 0.6) is 0 Å². The largest absolute Gasteiger partial charge is 0.449 e. The third-order valence-corrected chi connectivity index (χ3v) is 5.45. The molecule has 2 aliphatic heterocycles. The summed E-state index contributed by atoms with van der Waals surface area (Å²) in [6.07, 6.45) is 0.939. The molecule has 1 aromatic rings. The summed E-state index contributed by atoms with van der Waals surface area (Å²) in [6.45, 7) is 10.8. The number of carbonyl (C=O) groups is 4. The first-order valence-corrected chi connectivity index (χ1v) is 10.7. The van der Waals surface area contributed by atoms with Crippen LogP contribution >= 0.6 is 0 Å². The van der Waals surface area contributed by atoms with Gasteiger partial charge in [0.15, 0.2) is 0 Å². The fourth-order valence-electron chi connectivity index (χ4n) is 3.80. The molecule has 4 amide bonds. The molecule has 0 atom stereocenters. The van der Waals surface area contributed by atoms with E-state index in [0.29, 0.717) is 43.7 Å². The summed E-state index contributed by atoms with van der Waals surface area (Å²) in [6, 6.07) is 4.54. The van der Waals surface area contributed by atoms with Crippen LogP contribution in [0.15, 0.2) is 18.2 Å². The number of fused-ring (bicyclic) bond motifs is 1. The molecule has 8 heteroatoms. The normalized spacial score (nSPS) is 17.2. The van der Waals surface area contributed by atoms with Crippen LogP contribution in [0, 0.1) is 5.92 Å². The molecule has 1 N–H and O–H groups in total. The van der Waals surface area contributed by atoms with E-state index >= 15 is 0 Å². The first kappa shape index (κ1) is 22.8. The van der Waals surface area contributed by atoms with Gasteiger partial charge in [0.1, 0.15) is 0 Å². The quantitative estimate of drug-likeness (QED) is 0.742. The second-order valence-corrected chi connectivity index (χ2v) is 9.58. The van der Waals surface area contributed by atoms with Gasteiger partial charge in [-0.25, -0.2) is 4.79 Å². The Labute approximate surface area is 182 Å². The number of hydrogen-bond acceptors (Lipinski definition) is 5. The number of likely N-dealkylation sites (tertiary alicyclic amines) is 1. The number of rotatable bonds is 4. The van der Waals surface area contributed by atoms with Gasteiger partial charge in [-0.05, 0) is 57.7 Å². The van der Waals surface area contributed by atoms with Gasteiger partial charge in [-0.1, -0.05) is 13.8 Å². The average molecular weight is 430 g/mol. The molecular weight excluding hydrogens is 398 g/mol. The van der Waals surface area contributed by atoms with E-state index in [-0.39, 0.29) is 41.3 Å². The van der Waals surface area contributed by atoms with Crippen LogP contribution in [0.1, 0.15) is 78.5 Å². The first-order chi connectivity index (χ1) is 14.5. The smallest absolute Gasteiger partial charge is 0.409 e. The highest BCUT2D eigenvalue weighted by Crippen LogP contribution is 2.30. The van der Waals surface area contributed by atoms with Crippen molar-refractivity contribution in [3.8, 4) is 0 Å². The van der Waals surface area contributed by atoms with E-state index in [9.17, 15) is 19.2 Å². The highest BCUT2D eigenvalue weighted by molar-refractivity contribution is 6.22. The van der Waals surface area contributed by atoms with Crippen molar-refractivity contribution in [1.29, 1.82) is 0 Å². The van der Waals surface area contributed by atoms with E-state index in [1.165, 1.54) is 11.0 Å². The van der Waals surface area contributed by atoms with Gasteiger partial charge < -0.3 is 15.0 Å². The van der Waals surface area contributed by atoms with Gasteiger partial charge in [0.05, 0.1) is 17.7 Å². The highest BCUT2D eigenvalue weighted by Gasteiger charge is 2.42. The lowest BCUT2D eigenvalue weighted by Crippen LogP contribution is -2.46. The van der Waals surface area contributed by atoms with E-state index in [1.807, 2.05) is 13.8 Å². The number of ether oxygens (including phenoxy) is 1. The molecule has 1 saturated heterocycles. The zero-order chi connectivity index (χ0) is 22.9. The number of hydrogen-bond donors (Lipinski definition) is 1. The number of piperidine rings is 1. The molecule has 0 unspecified atom stereocenters. The third-order valence-electron chi connectivity index (χ3n) is 5.45. The van der Waals surface area contributed by atoms with Crippen LogP contribution in [0.25, 0.3) is 0 Å². The Balaban J connectivity index is 1.60. The van der Waals surface area contributed by atoms with Gasteiger partial charge in [0, 0.05) is 30.2 Å². The molecule has 1 aromatic carbocycles.